The van der Waals surface area contributed by atoms with Crippen molar-refractivity contribution in [2.24, 2.45) is 0 Å². The molecule has 44 heavy (non-hydrogen) atoms. The van der Waals surface area contributed by atoms with Crippen LogP contribution in [0.2, 0.25) is 0 Å². The molecule has 3 heterocycles. The second kappa shape index (κ2) is 13.1. The molecule has 4 aromatic rings. The molecule has 0 atom stereocenters. The maximum atomic E-state index is 13.8. The molecule has 5 rings (SSSR count). The van der Waals surface area contributed by atoms with Crippen LogP contribution >= 0.6 is 0 Å². The fourth-order valence-electron chi connectivity index (χ4n) is 4.58. The van der Waals surface area contributed by atoms with Crippen molar-refractivity contribution in [1.29, 1.82) is 0 Å². The van der Waals surface area contributed by atoms with Gasteiger partial charge in [0.15, 0.2) is 11.5 Å². The molecule has 1 saturated heterocycles. The van der Waals surface area contributed by atoms with Gasteiger partial charge in [-0.2, -0.15) is 9.78 Å². The molecule has 1 aliphatic rings. The Morgan fingerprint density at radius 3 is 2.61 bits per heavy atom. The monoisotopic (exact) mass is 606 g/mol. The van der Waals surface area contributed by atoms with E-state index in [0.29, 0.717) is 48.6 Å². The van der Waals surface area contributed by atoms with Crippen LogP contribution < -0.4 is 16.0 Å². The van der Waals surface area contributed by atoms with Gasteiger partial charge in [-0.15, -0.1) is 0 Å². The minimum Gasteiger partial charge on any atom is -0.476 e. The van der Waals surface area contributed by atoms with Gasteiger partial charge in [-0.25, -0.2) is 23.5 Å². The van der Waals surface area contributed by atoms with Crippen LogP contribution in [0.5, 0.6) is 0 Å². The molecule has 2 aromatic carbocycles. The minimum absolute atomic E-state index is 0.0846. The number of carboxylic acid groups (broad SMARTS) is 1. The maximum Gasteiger partial charge on any atom is 0.356 e. The number of ether oxygens (including phenoxy) is 1. The smallest absolute Gasteiger partial charge is 0.356 e. The van der Waals surface area contributed by atoms with E-state index in [9.17, 15) is 23.5 Å². The van der Waals surface area contributed by atoms with E-state index in [2.05, 4.69) is 35.9 Å². The highest BCUT2D eigenvalue weighted by molar-refractivity contribution is 6.04. The number of anilines is 4. The fraction of sp³-hybridized carbons (Fsp3) is 0.300. The van der Waals surface area contributed by atoms with Crippen LogP contribution in [0.25, 0.3) is 5.82 Å². The first-order valence-corrected chi connectivity index (χ1v) is 13.9. The molecule has 0 bridgehead atoms. The Kier molecular flexibility index (Phi) is 9.11. The summed E-state index contributed by atoms with van der Waals surface area (Å²) in [4.78, 5) is 35.6. The summed E-state index contributed by atoms with van der Waals surface area (Å²) in [5.74, 6) is -3.67. The Balaban J connectivity index is 1.35. The van der Waals surface area contributed by atoms with Crippen LogP contribution in [0, 0.1) is 6.92 Å². The number of hydrogen-bond acceptors (Lipinski definition) is 9. The van der Waals surface area contributed by atoms with E-state index in [0.717, 1.165) is 38.2 Å². The van der Waals surface area contributed by atoms with E-state index >= 15 is 0 Å². The number of hydrogen-bond donors (Lipinski definition) is 4. The normalized spacial score (nSPS) is 13.8. The first-order valence-electron chi connectivity index (χ1n) is 13.9. The number of aromatic carboxylic acids is 1. The van der Waals surface area contributed by atoms with Gasteiger partial charge in [0.25, 0.3) is 11.8 Å². The van der Waals surface area contributed by atoms with Crippen molar-refractivity contribution in [2.75, 3.05) is 55.3 Å². The molecule has 4 N–H and O–H groups in total. The Bertz CT molecular complexity index is 1650. The number of morpholine rings is 1. The Morgan fingerprint density at radius 1 is 1.07 bits per heavy atom. The van der Waals surface area contributed by atoms with Gasteiger partial charge >= 0.3 is 5.97 Å². The van der Waals surface area contributed by atoms with Crippen molar-refractivity contribution >= 4 is 34.9 Å². The summed E-state index contributed by atoms with van der Waals surface area (Å²) in [6.07, 6.45) is 1.36. The van der Waals surface area contributed by atoms with Crippen molar-refractivity contribution < 1.29 is 28.2 Å². The third-order valence-corrected chi connectivity index (χ3v) is 7.03. The molecular formula is C30H32F2N8O4. The summed E-state index contributed by atoms with van der Waals surface area (Å²) >= 11 is 0. The third kappa shape index (κ3) is 7.51. The van der Waals surface area contributed by atoms with Crippen molar-refractivity contribution in [1.82, 2.24) is 24.6 Å². The zero-order valence-corrected chi connectivity index (χ0v) is 24.2. The quantitative estimate of drug-likeness (QED) is 0.192. The van der Waals surface area contributed by atoms with Crippen molar-refractivity contribution in [2.45, 2.75) is 19.8 Å². The standard InChI is InChI=1S/C30H32F2N8O4/c1-19-6-7-22(36-28(41)20-4-3-5-21(14-20)30(2,31)32)15-23(19)37-27-16-24(29(42)43)38-40(27)26-17-25(34-18-35-26)33-8-9-39-10-12-44-13-11-39/h3-7,14-18,37H,8-13H2,1-2H3,(H,36,41)(H,42,43)(H,33,34,35). The van der Waals surface area contributed by atoms with Crippen LogP contribution in [0.4, 0.5) is 31.8 Å². The number of amides is 1. The summed E-state index contributed by atoms with van der Waals surface area (Å²) in [7, 11) is 0. The number of alkyl halides is 2. The lowest BCUT2D eigenvalue weighted by atomic mass is 10.1. The van der Waals surface area contributed by atoms with Gasteiger partial charge in [-0.05, 0) is 36.8 Å². The van der Waals surface area contributed by atoms with E-state index in [-0.39, 0.29) is 16.8 Å². The highest BCUT2D eigenvalue weighted by Crippen LogP contribution is 2.29. The minimum atomic E-state index is -3.08. The summed E-state index contributed by atoms with van der Waals surface area (Å²) in [5.41, 5.74) is 1.35. The van der Waals surface area contributed by atoms with Gasteiger partial charge in [-0.3, -0.25) is 9.69 Å². The second-order valence-corrected chi connectivity index (χ2v) is 10.4. The largest absolute Gasteiger partial charge is 0.476 e. The first-order chi connectivity index (χ1) is 21.1. The van der Waals surface area contributed by atoms with Crippen LogP contribution in [0.3, 0.4) is 0 Å². The molecule has 0 aliphatic carbocycles. The lowest BCUT2D eigenvalue weighted by Crippen LogP contribution is -2.39. The number of rotatable bonds is 11. The average Bonchev–Trinajstić information content (AvgIpc) is 3.43. The zero-order chi connectivity index (χ0) is 31.3. The predicted octanol–water partition coefficient (Wildman–Crippen LogP) is 4.52. The van der Waals surface area contributed by atoms with Gasteiger partial charge in [0, 0.05) is 67.7 Å². The first kappa shape index (κ1) is 30.5. The molecule has 0 saturated carbocycles. The lowest BCUT2D eigenvalue weighted by Gasteiger charge is -2.26. The second-order valence-electron chi connectivity index (χ2n) is 10.4. The van der Waals surface area contributed by atoms with Crippen molar-refractivity contribution in [3.63, 3.8) is 0 Å². The summed E-state index contributed by atoms with van der Waals surface area (Å²) in [6, 6.07) is 13.4. The van der Waals surface area contributed by atoms with Crippen LogP contribution in [-0.2, 0) is 10.7 Å². The summed E-state index contributed by atoms with van der Waals surface area (Å²) < 4.78 is 34.3. The van der Waals surface area contributed by atoms with Gasteiger partial charge in [0.05, 0.1) is 13.2 Å². The number of carbonyl (C=O) groups excluding carboxylic acids is 1. The van der Waals surface area contributed by atoms with Crippen LogP contribution in [0.15, 0.2) is 60.9 Å². The number of halogens is 2. The van der Waals surface area contributed by atoms with E-state index in [1.54, 1.807) is 24.3 Å². The summed E-state index contributed by atoms with van der Waals surface area (Å²) in [5, 5.41) is 23.1. The molecule has 0 spiro atoms. The molecule has 14 heteroatoms. The molecule has 1 amide bonds. The topological polar surface area (TPSA) is 147 Å². The SMILES string of the molecule is Cc1ccc(NC(=O)c2cccc(C(C)(F)F)c2)cc1Nc1cc(C(=O)O)nn1-c1cc(NCCN2CCOCC2)ncn1. The number of carboxylic acids is 1. The van der Waals surface area contributed by atoms with Crippen molar-refractivity contribution in [3.05, 3.63) is 83.3 Å². The zero-order valence-electron chi connectivity index (χ0n) is 24.2. The van der Waals surface area contributed by atoms with Crippen molar-refractivity contribution in [3.8, 4) is 5.82 Å². The van der Waals surface area contributed by atoms with Gasteiger partial charge < -0.3 is 25.8 Å². The van der Waals surface area contributed by atoms with Gasteiger partial charge in [-0.1, -0.05) is 18.2 Å². The van der Waals surface area contributed by atoms with Gasteiger partial charge in [0.1, 0.15) is 18.0 Å². The number of benzene rings is 2. The number of nitrogens with one attached hydrogen (secondary N) is 3. The number of aryl methyl sites for hydroxylation is 1. The van der Waals surface area contributed by atoms with E-state index in [4.69, 9.17) is 4.74 Å². The molecule has 230 valence electrons. The maximum absolute atomic E-state index is 13.8. The molecular weight excluding hydrogens is 574 g/mol. The lowest BCUT2D eigenvalue weighted by molar-refractivity contribution is 0.0174. The van der Waals surface area contributed by atoms with E-state index in [1.807, 2.05) is 6.92 Å². The fourth-order valence-corrected chi connectivity index (χ4v) is 4.58. The number of aromatic nitrogens is 4. The third-order valence-electron chi connectivity index (χ3n) is 7.03. The van der Waals surface area contributed by atoms with E-state index < -0.39 is 17.8 Å². The Morgan fingerprint density at radius 2 is 1.86 bits per heavy atom. The van der Waals surface area contributed by atoms with Gasteiger partial charge in [0.2, 0.25) is 0 Å². The molecule has 1 fully saturated rings. The average molecular weight is 607 g/mol. The highest BCUT2D eigenvalue weighted by Gasteiger charge is 2.25. The molecule has 0 unspecified atom stereocenters. The number of carbonyl (C=O) groups is 2. The summed E-state index contributed by atoms with van der Waals surface area (Å²) in [6.45, 7) is 7.21. The van der Waals surface area contributed by atoms with Crippen LogP contribution in [-0.4, -0.2) is 81.0 Å². The molecule has 12 nitrogen and oxygen atoms in total. The highest BCUT2D eigenvalue weighted by atomic mass is 19.3. The Labute approximate surface area is 252 Å². The van der Waals surface area contributed by atoms with Crippen LogP contribution in [0.1, 0.15) is 38.9 Å². The molecule has 1 aliphatic heterocycles. The number of nitrogens with zero attached hydrogens (tertiary/aromatic N) is 5. The van der Waals surface area contributed by atoms with E-state index in [1.165, 1.54) is 35.3 Å². The predicted molar refractivity (Wildman–Crippen MR) is 160 cm³/mol. The molecule has 2 aromatic heterocycles. The Hall–Kier alpha value is -4.95. The molecule has 0 radical (unpaired) electrons.